The van der Waals surface area contributed by atoms with Crippen LogP contribution in [0.2, 0.25) is 0 Å². The Morgan fingerprint density at radius 3 is 3.05 bits per heavy atom. The van der Waals surface area contributed by atoms with E-state index in [0.29, 0.717) is 11.5 Å². The van der Waals surface area contributed by atoms with Gasteiger partial charge in [0.1, 0.15) is 5.82 Å². The summed E-state index contributed by atoms with van der Waals surface area (Å²) in [7, 11) is 0. The molecule has 2 N–H and O–H groups in total. The summed E-state index contributed by atoms with van der Waals surface area (Å²) < 4.78 is 1.86. The second kappa shape index (κ2) is 5.42. The van der Waals surface area contributed by atoms with Gasteiger partial charge in [-0.3, -0.25) is 9.36 Å². The quantitative estimate of drug-likeness (QED) is 0.877. The molecular formula is C14H17N5O. The molecule has 0 bridgehead atoms. The Kier molecular flexibility index (Phi) is 3.47. The van der Waals surface area contributed by atoms with Crippen LogP contribution in [0.4, 0.5) is 5.69 Å². The van der Waals surface area contributed by atoms with Gasteiger partial charge in [-0.15, -0.1) is 0 Å². The number of nitrogens with zero attached hydrogens (tertiary/aromatic N) is 3. The molecule has 0 radical (unpaired) electrons. The summed E-state index contributed by atoms with van der Waals surface area (Å²) in [4.78, 5) is 20.8. The summed E-state index contributed by atoms with van der Waals surface area (Å²) in [5.74, 6) is 1.61. The highest BCUT2D eigenvalue weighted by atomic mass is 16.1. The molecule has 3 heterocycles. The summed E-state index contributed by atoms with van der Waals surface area (Å²) in [5.41, 5.74) is 0.713. The van der Waals surface area contributed by atoms with Gasteiger partial charge in [-0.2, -0.15) is 0 Å². The SMILES string of the molecule is Cc1nccn1-c1ncccc1NC(=O)C1CCNC1. The van der Waals surface area contributed by atoms with Crippen molar-refractivity contribution in [3.63, 3.8) is 0 Å². The van der Waals surface area contributed by atoms with Crippen molar-refractivity contribution < 1.29 is 4.79 Å². The first-order valence-electron chi connectivity index (χ1n) is 6.72. The van der Waals surface area contributed by atoms with Crippen LogP contribution in [0.5, 0.6) is 0 Å². The predicted molar refractivity (Wildman–Crippen MR) is 75.7 cm³/mol. The molecule has 1 saturated heterocycles. The molecule has 1 aliphatic heterocycles. The van der Waals surface area contributed by atoms with E-state index in [1.54, 1.807) is 12.4 Å². The molecule has 6 heteroatoms. The molecule has 2 aromatic rings. The fraction of sp³-hybridized carbons (Fsp3) is 0.357. The molecule has 1 unspecified atom stereocenters. The van der Waals surface area contributed by atoms with E-state index < -0.39 is 0 Å². The van der Waals surface area contributed by atoms with Crippen LogP contribution in [0.25, 0.3) is 5.82 Å². The normalized spacial score (nSPS) is 18.1. The number of anilines is 1. The summed E-state index contributed by atoms with van der Waals surface area (Å²) in [6.45, 7) is 3.55. The van der Waals surface area contributed by atoms with Gasteiger partial charge in [0.15, 0.2) is 5.82 Å². The van der Waals surface area contributed by atoms with Crippen LogP contribution in [0.15, 0.2) is 30.7 Å². The minimum atomic E-state index is 0.0342. The van der Waals surface area contributed by atoms with Crippen LogP contribution in [0.1, 0.15) is 12.2 Å². The summed E-state index contributed by atoms with van der Waals surface area (Å²) in [6.07, 6.45) is 6.15. The van der Waals surface area contributed by atoms with Gasteiger partial charge in [0.25, 0.3) is 0 Å². The van der Waals surface area contributed by atoms with Crippen LogP contribution in [0, 0.1) is 12.8 Å². The topological polar surface area (TPSA) is 71.8 Å². The van der Waals surface area contributed by atoms with Crippen molar-refractivity contribution in [1.82, 2.24) is 19.9 Å². The maximum absolute atomic E-state index is 12.2. The Hall–Kier alpha value is -2.21. The number of aryl methyl sites for hydroxylation is 1. The van der Waals surface area contributed by atoms with Gasteiger partial charge in [-0.1, -0.05) is 0 Å². The first-order chi connectivity index (χ1) is 9.75. The highest BCUT2D eigenvalue weighted by Crippen LogP contribution is 2.20. The number of pyridine rings is 1. The zero-order chi connectivity index (χ0) is 13.9. The van der Waals surface area contributed by atoms with Crippen molar-refractivity contribution >= 4 is 11.6 Å². The summed E-state index contributed by atoms with van der Waals surface area (Å²) >= 11 is 0. The van der Waals surface area contributed by atoms with E-state index in [4.69, 9.17) is 0 Å². The number of aromatic nitrogens is 3. The highest BCUT2D eigenvalue weighted by Gasteiger charge is 2.23. The van der Waals surface area contributed by atoms with E-state index in [-0.39, 0.29) is 11.8 Å². The predicted octanol–water partition coefficient (Wildman–Crippen LogP) is 1.12. The van der Waals surface area contributed by atoms with Gasteiger partial charge >= 0.3 is 0 Å². The molecule has 1 atom stereocenters. The second-order valence-electron chi connectivity index (χ2n) is 4.90. The van der Waals surface area contributed by atoms with Crippen molar-refractivity contribution in [2.75, 3.05) is 18.4 Å². The Balaban J connectivity index is 1.86. The first-order valence-corrected chi connectivity index (χ1v) is 6.72. The van der Waals surface area contributed by atoms with Crippen LogP contribution in [0.3, 0.4) is 0 Å². The Morgan fingerprint density at radius 2 is 2.35 bits per heavy atom. The molecule has 1 amide bonds. The zero-order valence-corrected chi connectivity index (χ0v) is 11.3. The molecule has 0 aromatic carbocycles. The van der Waals surface area contributed by atoms with Crippen LogP contribution >= 0.6 is 0 Å². The third kappa shape index (κ3) is 2.42. The monoisotopic (exact) mass is 271 g/mol. The number of rotatable bonds is 3. The van der Waals surface area contributed by atoms with E-state index in [1.807, 2.05) is 29.8 Å². The number of amides is 1. The third-order valence-corrected chi connectivity index (χ3v) is 3.53. The Bertz CT molecular complexity index is 616. The van der Waals surface area contributed by atoms with Crippen molar-refractivity contribution in [2.24, 2.45) is 5.92 Å². The lowest BCUT2D eigenvalue weighted by atomic mass is 10.1. The minimum Gasteiger partial charge on any atom is -0.323 e. The molecule has 6 nitrogen and oxygen atoms in total. The molecule has 0 saturated carbocycles. The van der Waals surface area contributed by atoms with Gasteiger partial charge in [0.2, 0.25) is 5.91 Å². The van der Waals surface area contributed by atoms with E-state index in [0.717, 1.165) is 25.3 Å². The Labute approximate surface area is 117 Å². The maximum atomic E-state index is 12.2. The molecule has 3 rings (SSSR count). The summed E-state index contributed by atoms with van der Waals surface area (Å²) in [5, 5.41) is 6.18. The number of carbonyl (C=O) groups excluding carboxylic acids is 1. The lowest BCUT2D eigenvalue weighted by Crippen LogP contribution is -2.25. The standard InChI is InChI=1S/C14H17N5O/c1-10-16-7-8-19(10)13-12(3-2-5-17-13)18-14(20)11-4-6-15-9-11/h2-3,5,7-8,11,15H,4,6,9H2,1H3,(H,18,20). The van der Waals surface area contributed by atoms with Crippen LogP contribution in [-0.2, 0) is 4.79 Å². The number of carbonyl (C=O) groups is 1. The molecule has 0 spiro atoms. The highest BCUT2D eigenvalue weighted by molar-refractivity contribution is 5.94. The summed E-state index contributed by atoms with van der Waals surface area (Å²) in [6, 6.07) is 3.68. The minimum absolute atomic E-state index is 0.0342. The number of imidazole rings is 1. The van der Waals surface area contributed by atoms with E-state index in [1.165, 1.54) is 0 Å². The van der Waals surface area contributed by atoms with Gasteiger partial charge in [-0.05, 0) is 32.0 Å². The molecule has 0 aliphatic carbocycles. The molecule has 1 aliphatic rings. The molecular weight excluding hydrogens is 254 g/mol. The van der Waals surface area contributed by atoms with Gasteiger partial charge in [-0.25, -0.2) is 9.97 Å². The van der Waals surface area contributed by atoms with Gasteiger partial charge < -0.3 is 10.6 Å². The molecule has 2 aromatic heterocycles. The largest absolute Gasteiger partial charge is 0.323 e. The number of hydrogen-bond acceptors (Lipinski definition) is 4. The second-order valence-corrected chi connectivity index (χ2v) is 4.90. The lowest BCUT2D eigenvalue weighted by molar-refractivity contribution is -0.119. The van der Waals surface area contributed by atoms with E-state index in [9.17, 15) is 4.79 Å². The van der Waals surface area contributed by atoms with Crippen molar-refractivity contribution in [3.05, 3.63) is 36.5 Å². The molecule has 20 heavy (non-hydrogen) atoms. The average Bonchev–Trinajstić information content (AvgIpc) is 3.10. The third-order valence-electron chi connectivity index (χ3n) is 3.53. The molecule has 1 fully saturated rings. The smallest absolute Gasteiger partial charge is 0.228 e. The number of hydrogen-bond donors (Lipinski definition) is 2. The van der Waals surface area contributed by atoms with Gasteiger partial charge in [0.05, 0.1) is 11.6 Å². The zero-order valence-electron chi connectivity index (χ0n) is 11.3. The maximum Gasteiger partial charge on any atom is 0.228 e. The average molecular weight is 271 g/mol. The Morgan fingerprint density at radius 1 is 1.45 bits per heavy atom. The lowest BCUT2D eigenvalue weighted by Gasteiger charge is -2.14. The first kappa shape index (κ1) is 12.8. The van der Waals surface area contributed by atoms with Crippen molar-refractivity contribution in [1.29, 1.82) is 0 Å². The molecule has 104 valence electrons. The van der Waals surface area contributed by atoms with Crippen molar-refractivity contribution in [2.45, 2.75) is 13.3 Å². The fourth-order valence-corrected chi connectivity index (χ4v) is 2.40. The van der Waals surface area contributed by atoms with Crippen LogP contribution < -0.4 is 10.6 Å². The van der Waals surface area contributed by atoms with E-state index >= 15 is 0 Å². The fourth-order valence-electron chi connectivity index (χ4n) is 2.40. The number of nitrogens with one attached hydrogen (secondary N) is 2. The van der Waals surface area contributed by atoms with Crippen molar-refractivity contribution in [3.8, 4) is 5.82 Å². The van der Waals surface area contributed by atoms with Crippen LogP contribution in [-0.4, -0.2) is 33.5 Å². The van der Waals surface area contributed by atoms with Gasteiger partial charge in [0, 0.05) is 25.1 Å². The van der Waals surface area contributed by atoms with E-state index in [2.05, 4.69) is 20.6 Å².